The number of nitrogens with zero attached hydrogens (tertiary/aromatic N) is 2. The molecule has 1 aromatic rings. The number of guanidine groups is 1. The van der Waals surface area contributed by atoms with Crippen molar-refractivity contribution in [3.8, 4) is 5.75 Å². The number of halogens is 1. The topological polar surface area (TPSA) is 60.1 Å². The van der Waals surface area contributed by atoms with E-state index in [0.717, 1.165) is 37.4 Å². The first kappa shape index (κ1) is 20.0. The molecule has 0 amide bonds. The molecule has 1 fully saturated rings. The molecule has 1 aliphatic heterocycles. The second-order valence-corrected chi connectivity index (χ2v) is 5.56. The van der Waals surface area contributed by atoms with Gasteiger partial charge in [0.1, 0.15) is 11.9 Å². The summed E-state index contributed by atoms with van der Waals surface area (Å²) < 4.78 is 11.5. The predicted molar refractivity (Wildman–Crippen MR) is 105 cm³/mol. The Labute approximate surface area is 156 Å². The summed E-state index contributed by atoms with van der Waals surface area (Å²) in [6.45, 7) is 9.92. The Kier molecular flexibility index (Phi) is 8.68. The number of aliphatic imine (C=N–C) groups is 1. The quantitative estimate of drug-likeness (QED) is 0.426. The van der Waals surface area contributed by atoms with Gasteiger partial charge in [0.25, 0.3) is 0 Å². The number of ether oxygens (including phenoxy) is 2. The van der Waals surface area contributed by atoms with Crippen molar-refractivity contribution in [2.75, 3.05) is 26.3 Å². The van der Waals surface area contributed by atoms with Crippen LogP contribution in [0.4, 0.5) is 0 Å². The fraction of sp³-hybridized carbons (Fsp3) is 0.588. The number of nitrogens with two attached hydrogens (primary N) is 1. The van der Waals surface area contributed by atoms with E-state index in [2.05, 4.69) is 44.0 Å². The van der Waals surface area contributed by atoms with Crippen LogP contribution in [0.3, 0.4) is 0 Å². The lowest BCUT2D eigenvalue weighted by Crippen LogP contribution is -2.37. The molecule has 5 nitrogen and oxygen atoms in total. The highest BCUT2D eigenvalue weighted by atomic mass is 127. The van der Waals surface area contributed by atoms with Crippen molar-refractivity contribution < 1.29 is 9.47 Å². The van der Waals surface area contributed by atoms with E-state index in [0.29, 0.717) is 19.1 Å². The highest BCUT2D eigenvalue weighted by molar-refractivity contribution is 14.0. The summed E-state index contributed by atoms with van der Waals surface area (Å²) in [5.41, 5.74) is 8.29. The molecule has 23 heavy (non-hydrogen) atoms. The third-order valence-corrected chi connectivity index (χ3v) is 3.90. The van der Waals surface area contributed by atoms with Gasteiger partial charge in [0, 0.05) is 25.1 Å². The largest absolute Gasteiger partial charge is 0.488 e. The van der Waals surface area contributed by atoms with E-state index in [1.165, 1.54) is 5.56 Å². The van der Waals surface area contributed by atoms with Gasteiger partial charge in [-0.1, -0.05) is 12.1 Å². The molecule has 1 aromatic carbocycles. The van der Waals surface area contributed by atoms with Gasteiger partial charge in [-0.2, -0.15) is 0 Å². The van der Waals surface area contributed by atoms with Gasteiger partial charge in [0.2, 0.25) is 0 Å². The van der Waals surface area contributed by atoms with Gasteiger partial charge in [0.05, 0.1) is 19.8 Å². The Bertz CT molecular complexity index is 513. The molecular weight excluding hydrogens is 405 g/mol. The summed E-state index contributed by atoms with van der Waals surface area (Å²) >= 11 is 0. The fourth-order valence-corrected chi connectivity index (χ4v) is 2.50. The van der Waals surface area contributed by atoms with Crippen LogP contribution in [0.2, 0.25) is 0 Å². The molecule has 1 aliphatic rings. The molecule has 130 valence electrons. The number of benzene rings is 1. The highest BCUT2D eigenvalue weighted by Crippen LogP contribution is 2.24. The Morgan fingerprint density at radius 1 is 1.39 bits per heavy atom. The number of aryl methyl sites for hydroxylation is 1. The zero-order valence-corrected chi connectivity index (χ0v) is 16.6. The van der Waals surface area contributed by atoms with Crippen LogP contribution < -0.4 is 10.5 Å². The first-order valence-corrected chi connectivity index (χ1v) is 8.02. The SMILES string of the molecule is CCN(CC)C(N)=NCc1ccc(C)cc1OC1CCOC1.I. The number of hydrogen-bond donors (Lipinski definition) is 1. The molecule has 2 N–H and O–H groups in total. The molecule has 1 atom stereocenters. The summed E-state index contributed by atoms with van der Waals surface area (Å²) in [5, 5.41) is 0. The highest BCUT2D eigenvalue weighted by Gasteiger charge is 2.18. The summed E-state index contributed by atoms with van der Waals surface area (Å²) in [4.78, 5) is 6.55. The lowest BCUT2D eigenvalue weighted by Gasteiger charge is -2.20. The lowest BCUT2D eigenvalue weighted by atomic mass is 10.1. The average molecular weight is 433 g/mol. The van der Waals surface area contributed by atoms with Gasteiger partial charge in [-0.3, -0.25) is 0 Å². The van der Waals surface area contributed by atoms with Gasteiger partial charge in [-0.25, -0.2) is 4.99 Å². The van der Waals surface area contributed by atoms with Gasteiger partial charge in [-0.15, -0.1) is 24.0 Å². The van der Waals surface area contributed by atoms with Crippen LogP contribution in [0.25, 0.3) is 0 Å². The van der Waals surface area contributed by atoms with Crippen LogP contribution in [0.5, 0.6) is 5.75 Å². The van der Waals surface area contributed by atoms with Crippen molar-refractivity contribution in [3.05, 3.63) is 29.3 Å². The number of rotatable bonds is 6. The average Bonchev–Trinajstić information content (AvgIpc) is 3.00. The first-order valence-electron chi connectivity index (χ1n) is 8.02. The standard InChI is InChI=1S/C17H27N3O2.HI/c1-4-20(5-2)17(18)19-11-14-7-6-13(3)10-16(14)22-15-8-9-21-12-15;/h6-7,10,15H,4-5,8-9,11-12H2,1-3H3,(H2,18,19);1H. The van der Waals surface area contributed by atoms with Crippen LogP contribution in [0, 0.1) is 6.92 Å². The summed E-state index contributed by atoms with van der Waals surface area (Å²) in [5.74, 6) is 1.48. The second-order valence-electron chi connectivity index (χ2n) is 5.56. The van der Waals surface area contributed by atoms with E-state index < -0.39 is 0 Å². The molecule has 0 bridgehead atoms. The van der Waals surface area contributed by atoms with Crippen LogP contribution in [-0.4, -0.2) is 43.3 Å². The van der Waals surface area contributed by atoms with E-state index in [1.54, 1.807) is 0 Å². The van der Waals surface area contributed by atoms with E-state index in [1.807, 2.05) is 4.90 Å². The van der Waals surface area contributed by atoms with E-state index in [9.17, 15) is 0 Å². The smallest absolute Gasteiger partial charge is 0.191 e. The summed E-state index contributed by atoms with van der Waals surface area (Å²) in [6.07, 6.45) is 1.09. The van der Waals surface area contributed by atoms with Crippen molar-refractivity contribution in [2.24, 2.45) is 10.7 Å². The second kappa shape index (κ2) is 9.97. The van der Waals surface area contributed by atoms with Crippen LogP contribution in [-0.2, 0) is 11.3 Å². The van der Waals surface area contributed by atoms with Gasteiger partial charge in [-0.05, 0) is 32.4 Å². The molecule has 1 unspecified atom stereocenters. The monoisotopic (exact) mass is 433 g/mol. The van der Waals surface area contributed by atoms with Crippen LogP contribution in [0.15, 0.2) is 23.2 Å². The summed E-state index contributed by atoms with van der Waals surface area (Å²) in [6, 6.07) is 6.22. The fourth-order valence-electron chi connectivity index (χ4n) is 2.50. The normalized spacial score (nSPS) is 17.7. The summed E-state index contributed by atoms with van der Waals surface area (Å²) in [7, 11) is 0. The molecule has 0 spiro atoms. The van der Waals surface area contributed by atoms with E-state index in [4.69, 9.17) is 15.2 Å². The maximum Gasteiger partial charge on any atom is 0.191 e. The van der Waals surface area contributed by atoms with Gasteiger partial charge in [0.15, 0.2) is 5.96 Å². The van der Waals surface area contributed by atoms with E-state index in [-0.39, 0.29) is 30.1 Å². The molecule has 0 saturated carbocycles. The minimum absolute atomic E-state index is 0. The molecule has 2 rings (SSSR count). The Morgan fingerprint density at radius 2 is 2.13 bits per heavy atom. The third kappa shape index (κ3) is 5.84. The van der Waals surface area contributed by atoms with Gasteiger partial charge >= 0.3 is 0 Å². The molecular formula is C17H28IN3O2. The Balaban J connectivity index is 0.00000264. The first-order chi connectivity index (χ1) is 10.6. The molecule has 0 radical (unpaired) electrons. The Morgan fingerprint density at radius 3 is 2.74 bits per heavy atom. The molecule has 0 aromatic heterocycles. The third-order valence-electron chi connectivity index (χ3n) is 3.90. The maximum absolute atomic E-state index is 6.08. The maximum atomic E-state index is 6.08. The molecule has 0 aliphatic carbocycles. The van der Waals surface area contributed by atoms with Crippen LogP contribution in [0.1, 0.15) is 31.4 Å². The number of hydrogen-bond acceptors (Lipinski definition) is 3. The Hall–Kier alpha value is -1.02. The minimum Gasteiger partial charge on any atom is -0.488 e. The van der Waals surface area contributed by atoms with E-state index >= 15 is 0 Å². The van der Waals surface area contributed by atoms with Crippen molar-refractivity contribution >= 4 is 29.9 Å². The van der Waals surface area contributed by atoms with Crippen LogP contribution >= 0.6 is 24.0 Å². The molecule has 6 heteroatoms. The zero-order valence-electron chi connectivity index (χ0n) is 14.2. The van der Waals surface area contributed by atoms with Crippen molar-refractivity contribution in [1.29, 1.82) is 0 Å². The molecule has 1 saturated heterocycles. The van der Waals surface area contributed by atoms with Crippen molar-refractivity contribution in [3.63, 3.8) is 0 Å². The van der Waals surface area contributed by atoms with Crippen molar-refractivity contribution in [1.82, 2.24) is 4.90 Å². The zero-order chi connectivity index (χ0) is 15.9. The predicted octanol–water partition coefficient (Wildman–Crippen LogP) is 2.94. The minimum atomic E-state index is 0. The van der Waals surface area contributed by atoms with Crippen molar-refractivity contribution in [2.45, 2.75) is 39.8 Å². The molecule has 1 heterocycles. The van der Waals surface area contributed by atoms with Gasteiger partial charge < -0.3 is 20.1 Å². The lowest BCUT2D eigenvalue weighted by molar-refractivity contribution is 0.140.